The van der Waals surface area contributed by atoms with E-state index in [4.69, 9.17) is 21.7 Å². The third-order valence-corrected chi connectivity index (χ3v) is 2.85. The number of aliphatic hydroxyl groups is 1. The Labute approximate surface area is 123 Å². The summed E-state index contributed by atoms with van der Waals surface area (Å²) in [6, 6.07) is -3.11. The fourth-order valence-corrected chi connectivity index (χ4v) is 1.52. The van der Waals surface area contributed by atoms with E-state index in [0.29, 0.717) is 19.4 Å². The van der Waals surface area contributed by atoms with Crippen molar-refractivity contribution in [3.63, 3.8) is 0 Å². The predicted octanol–water partition coefficient (Wildman–Crippen LogP) is -2.49. The third-order valence-electron chi connectivity index (χ3n) is 2.85. The number of unbranched alkanes of at least 4 members (excludes halogenated alkanes) is 1. The van der Waals surface area contributed by atoms with Crippen molar-refractivity contribution in [1.82, 2.24) is 10.6 Å². The lowest BCUT2D eigenvalue weighted by Gasteiger charge is -2.19. The summed E-state index contributed by atoms with van der Waals surface area (Å²) in [6.07, 6.45) is 1.50. The summed E-state index contributed by atoms with van der Waals surface area (Å²) >= 11 is 0. The molecule has 9 nitrogen and oxygen atoms in total. The highest BCUT2D eigenvalue weighted by molar-refractivity contribution is 5.91. The number of aliphatic hydroxyl groups excluding tert-OH is 1. The summed E-state index contributed by atoms with van der Waals surface area (Å²) in [5.41, 5.74) is 10.6. The molecule has 0 saturated heterocycles. The molecule has 0 aliphatic rings. The van der Waals surface area contributed by atoms with Gasteiger partial charge in [-0.1, -0.05) is 0 Å². The summed E-state index contributed by atoms with van der Waals surface area (Å²) in [7, 11) is 0. The molecule has 8 N–H and O–H groups in total. The molecule has 3 atom stereocenters. The molecule has 0 aromatic carbocycles. The number of aliphatic carboxylic acids is 1. The van der Waals surface area contributed by atoms with Crippen molar-refractivity contribution in [2.75, 3.05) is 13.2 Å². The smallest absolute Gasteiger partial charge is 0.326 e. The zero-order chi connectivity index (χ0) is 16.4. The maximum atomic E-state index is 11.8. The summed E-state index contributed by atoms with van der Waals surface area (Å²) in [5, 5.41) is 22.4. The number of hydrogen-bond acceptors (Lipinski definition) is 6. The molecule has 3 unspecified atom stereocenters. The second-order valence-electron chi connectivity index (χ2n) is 4.70. The normalized spacial score (nSPS) is 14.9. The van der Waals surface area contributed by atoms with Gasteiger partial charge in [0, 0.05) is 0 Å². The second kappa shape index (κ2) is 10.1. The van der Waals surface area contributed by atoms with E-state index in [1.54, 1.807) is 0 Å². The minimum Gasteiger partial charge on any atom is -0.480 e. The maximum absolute atomic E-state index is 11.8. The molecule has 122 valence electrons. The van der Waals surface area contributed by atoms with Gasteiger partial charge in [-0.2, -0.15) is 0 Å². The first kappa shape index (κ1) is 19.3. The quantitative estimate of drug-likeness (QED) is 0.243. The van der Waals surface area contributed by atoms with Crippen molar-refractivity contribution in [2.45, 2.75) is 44.3 Å². The zero-order valence-electron chi connectivity index (χ0n) is 12.0. The van der Waals surface area contributed by atoms with Crippen LogP contribution in [0.1, 0.15) is 26.2 Å². The van der Waals surface area contributed by atoms with Gasteiger partial charge in [0.25, 0.3) is 0 Å². The zero-order valence-corrected chi connectivity index (χ0v) is 12.0. The lowest BCUT2D eigenvalue weighted by molar-refractivity contribution is -0.142. The van der Waals surface area contributed by atoms with Crippen LogP contribution in [0.25, 0.3) is 0 Å². The van der Waals surface area contributed by atoms with E-state index in [-0.39, 0.29) is 6.42 Å². The molecule has 0 aromatic rings. The molecule has 0 fully saturated rings. The molecular formula is C12H24N4O5. The molecule has 0 bridgehead atoms. The van der Waals surface area contributed by atoms with E-state index in [1.165, 1.54) is 6.92 Å². The standard InChI is InChI=1S/C12H24N4O5/c1-7(15-11(19)8(14)6-17)10(18)16-9(12(20)21)4-2-3-5-13/h7-9,17H,2-6,13-14H2,1H3,(H,15,19)(H,16,18)(H,20,21). The number of amides is 2. The summed E-state index contributed by atoms with van der Waals surface area (Å²) in [6.45, 7) is 1.30. The molecule has 0 rings (SSSR count). The van der Waals surface area contributed by atoms with Crippen molar-refractivity contribution < 1.29 is 24.6 Å². The molecule has 9 heteroatoms. The molecule has 0 heterocycles. The highest BCUT2D eigenvalue weighted by Crippen LogP contribution is 2.01. The van der Waals surface area contributed by atoms with Crippen LogP contribution in [0.2, 0.25) is 0 Å². The van der Waals surface area contributed by atoms with Crippen molar-refractivity contribution >= 4 is 17.8 Å². The molecule has 0 saturated carbocycles. The predicted molar refractivity (Wildman–Crippen MR) is 75.1 cm³/mol. The number of hydrogen-bond donors (Lipinski definition) is 6. The van der Waals surface area contributed by atoms with Gasteiger partial charge in [0.05, 0.1) is 6.61 Å². The SMILES string of the molecule is CC(NC(=O)C(N)CO)C(=O)NC(CCCCN)C(=O)O. The Morgan fingerprint density at radius 2 is 1.76 bits per heavy atom. The van der Waals surface area contributed by atoms with Gasteiger partial charge >= 0.3 is 5.97 Å². The first-order valence-electron chi connectivity index (χ1n) is 6.73. The highest BCUT2D eigenvalue weighted by atomic mass is 16.4. The number of carboxylic acid groups (broad SMARTS) is 1. The van der Waals surface area contributed by atoms with Gasteiger partial charge in [-0.15, -0.1) is 0 Å². The fourth-order valence-electron chi connectivity index (χ4n) is 1.52. The Kier molecular flexibility index (Phi) is 9.26. The second-order valence-corrected chi connectivity index (χ2v) is 4.70. The minimum atomic E-state index is -1.15. The first-order chi connectivity index (χ1) is 9.83. The molecule has 21 heavy (non-hydrogen) atoms. The van der Waals surface area contributed by atoms with E-state index in [9.17, 15) is 14.4 Å². The molecule has 0 spiro atoms. The van der Waals surface area contributed by atoms with Gasteiger partial charge in [0.1, 0.15) is 18.1 Å². The summed E-state index contributed by atoms with van der Waals surface area (Å²) in [4.78, 5) is 34.3. The maximum Gasteiger partial charge on any atom is 0.326 e. The molecule has 0 radical (unpaired) electrons. The van der Waals surface area contributed by atoms with Crippen molar-refractivity contribution in [1.29, 1.82) is 0 Å². The third kappa shape index (κ3) is 7.59. The van der Waals surface area contributed by atoms with Crippen LogP contribution in [0.3, 0.4) is 0 Å². The van der Waals surface area contributed by atoms with E-state index >= 15 is 0 Å². The summed E-state index contributed by atoms with van der Waals surface area (Å²) < 4.78 is 0. The van der Waals surface area contributed by atoms with Crippen LogP contribution in [0, 0.1) is 0 Å². The number of nitrogens with two attached hydrogens (primary N) is 2. The molecule has 0 aliphatic heterocycles. The average Bonchev–Trinajstić information content (AvgIpc) is 2.44. The van der Waals surface area contributed by atoms with Crippen LogP contribution >= 0.6 is 0 Å². The van der Waals surface area contributed by atoms with Gasteiger partial charge in [-0.25, -0.2) is 4.79 Å². The van der Waals surface area contributed by atoms with Crippen LogP contribution in [0.15, 0.2) is 0 Å². The summed E-state index contributed by atoms with van der Waals surface area (Å²) in [5.74, 6) is -2.46. The van der Waals surface area contributed by atoms with Crippen molar-refractivity contribution in [2.24, 2.45) is 11.5 Å². The number of rotatable bonds is 10. The van der Waals surface area contributed by atoms with Crippen LogP contribution in [-0.4, -0.2) is 59.3 Å². The molecular weight excluding hydrogens is 280 g/mol. The Morgan fingerprint density at radius 1 is 1.14 bits per heavy atom. The Morgan fingerprint density at radius 3 is 2.24 bits per heavy atom. The van der Waals surface area contributed by atoms with Gasteiger partial charge in [0.2, 0.25) is 11.8 Å². The van der Waals surface area contributed by atoms with Gasteiger partial charge in [0.15, 0.2) is 0 Å². The van der Waals surface area contributed by atoms with Gasteiger partial charge in [-0.05, 0) is 32.7 Å². The Balaban J connectivity index is 4.40. The van der Waals surface area contributed by atoms with Crippen LogP contribution in [-0.2, 0) is 14.4 Å². The fraction of sp³-hybridized carbons (Fsp3) is 0.750. The molecule has 0 aromatic heterocycles. The largest absolute Gasteiger partial charge is 0.480 e. The number of carbonyl (C=O) groups is 3. The highest BCUT2D eigenvalue weighted by Gasteiger charge is 2.24. The van der Waals surface area contributed by atoms with E-state index in [1.807, 2.05) is 0 Å². The van der Waals surface area contributed by atoms with Crippen molar-refractivity contribution in [3.05, 3.63) is 0 Å². The topological polar surface area (TPSA) is 168 Å². The minimum absolute atomic E-state index is 0.259. The van der Waals surface area contributed by atoms with Gasteiger partial charge in [-0.3, -0.25) is 9.59 Å². The van der Waals surface area contributed by atoms with E-state index < -0.39 is 42.5 Å². The lowest BCUT2D eigenvalue weighted by atomic mass is 10.1. The Bertz CT molecular complexity index is 364. The van der Waals surface area contributed by atoms with Crippen molar-refractivity contribution in [3.8, 4) is 0 Å². The van der Waals surface area contributed by atoms with Gasteiger partial charge < -0.3 is 32.3 Å². The van der Waals surface area contributed by atoms with Crippen LogP contribution in [0.4, 0.5) is 0 Å². The molecule has 0 aliphatic carbocycles. The number of carbonyl (C=O) groups excluding carboxylic acids is 2. The van der Waals surface area contributed by atoms with E-state index in [0.717, 1.165) is 0 Å². The van der Waals surface area contributed by atoms with Crippen LogP contribution in [0.5, 0.6) is 0 Å². The number of nitrogens with one attached hydrogen (secondary N) is 2. The Hall–Kier alpha value is -1.71. The van der Waals surface area contributed by atoms with E-state index in [2.05, 4.69) is 10.6 Å². The van der Waals surface area contributed by atoms with Crippen LogP contribution < -0.4 is 22.1 Å². The lowest BCUT2D eigenvalue weighted by Crippen LogP contribution is -2.53. The molecule has 2 amide bonds. The first-order valence-corrected chi connectivity index (χ1v) is 6.73. The number of carboxylic acids is 1. The monoisotopic (exact) mass is 304 g/mol. The average molecular weight is 304 g/mol.